The number of hydrogen-bond acceptors (Lipinski definition) is 4. The van der Waals surface area contributed by atoms with Gasteiger partial charge < -0.3 is 20.9 Å². The monoisotopic (exact) mass is 218 g/mol. The number of aliphatic carboxylic acids is 1. The molecule has 0 atom stereocenters. The largest absolute Gasteiger partial charge is 0.480 e. The van der Waals surface area contributed by atoms with Gasteiger partial charge in [-0.15, -0.1) is 0 Å². The first-order valence-electron chi connectivity index (χ1n) is 4.22. The molecule has 0 aromatic carbocycles. The quantitative estimate of drug-likeness (QED) is 0.416. The highest BCUT2D eigenvalue weighted by molar-refractivity contribution is 6.00. The van der Waals surface area contributed by atoms with Crippen molar-refractivity contribution in [3.63, 3.8) is 0 Å². The number of hydrogen-bond donors (Lipinski definition) is 3. The fraction of sp³-hybridized carbons (Fsp3) is 0.625. The smallest absolute Gasteiger partial charge is 0.404 e. The standard InChI is InChI=1S/C8H14N2O5/c1-8(2,6(12)13)5(11)10-3-4-15-7(9)14/h3-4H2,1-2H3,(H2,9,14)(H,10,11)(H,12,13). The summed E-state index contributed by atoms with van der Waals surface area (Å²) in [5.41, 5.74) is 3.17. The fourth-order valence-corrected chi connectivity index (χ4v) is 0.634. The normalized spacial score (nSPS) is 10.5. The molecule has 0 saturated carbocycles. The van der Waals surface area contributed by atoms with Crippen LogP contribution in [-0.4, -0.2) is 36.2 Å². The summed E-state index contributed by atoms with van der Waals surface area (Å²) in [5, 5.41) is 11.0. The van der Waals surface area contributed by atoms with Gasteiger partial charge in [-0.1, -0.05) is 0 Å². The summed E-state index contributed by atoms with van der Waals surface area (Å²) < 4.78 is 4.34. The maximum Gasteiger partial charge on any atom is 0.404 e. The molecule has 0 spiro atoms. The first kappa shape index (κ1) is 13.2. The molecule has 0 rings (SSSR count). The van der Waals surface area contributed by atoms with E-state index >= 15 is 0 Å². The van der Waals surface area contributed by atoms with E-state index in [0.717, 1.165) is 0 Å². The molecule has 0 bridgehead atoms. The molecule has 0 radical (unpaired) electrons. The zero-order valence-electron chi connectivity index (χ0n) is 8.57. The van der Waals surface area contributed by atoms with E-state index < -0.39 is 23.4 Å². The number of carboxylic acids is 1. The van der Waals surface area contributed by atoms with Crippen LogP contribution in [0.4, 0.5) is 4.79 Å². The number of ether oxygens (including phenoxy) is 1. The van der Waals surface area contributed by atoms with Crippen LogP contribution in [0.1, 0.15) is 13.8 Å². The van der Waals surface area contributed by atoms with Crippen LogP contribution >= 0.6 is 0 Å². The lowest BCUT2D eigenvalue weighted by atomic mass is 9.93. The molecule has 4 N–H and O–H groups in total. The van der Waals surface area contributed by atoms with Crippen LogP contribution in [0.15, 0.2) is 0 Å². The molecule has 0 aliphatic rings. The lowest BCUT2D eigenvalue weighted by Gasteiger charge is -2.17. The van der Waals surface area contributed by atoms with Gasteiger partial charge >= 0.3 is 12.1 Å². The highest BCUT2D eigenvalue weighted by Crippen LogP contribution is 2.14. The van der Waals surface area contributed by atoms with E-state index in [0.29, 0.717) is 0 Å². The van der Waals surface area contributed by atoms with Gasteiger partial charge in [-0.3, -0.25) is 9.59 Å². The Morgan fingerprint density at radius 1 is 1.40 bits per heavy atom. The van der Waals surface area contributed by atoms with E-state index in [1.165, 1.54) is 13.8 Å². The van der Waals surface area contributed by atoms with Crippen LogP contribution in [0, 0.1) is 5.41 Å². The van der Waals surface area contributed by atoms with Crippen molar-refractivity contribution in [1.29, 1.82) is 0 Å². The van der Waals surface area contributed by atoms with Crippen LogP contribution in [0.2, 0.25) is 0 Å². The third-order valence-corrected chi connectivity index (χ3v) is 1.73. The Morgan fingerprint density at radius 3 is 2.33 bits per heavy atom. The number of carbonyl (C=O) groups excluding carboxylic acids is 2. The van der Waals surface area contributed by atoms with Crippen LogP contribution in [-0.2, 0) is 14.3 Å². The number of primary amides is 1. The molecule has 86 valence electrons. The molecule has 0 fully saturated rings. The van der Waals surface area contributed by atoms with Gasteiger partial charge in [0.15, 0.2) is 0 Å². The lowest BCUT2D eigenvalue weighted by molar-refractivity contribution is -0.153. The summed E-state index contributed by atoms with van der Waals surface area (Å²) in [7, 11) is 0. The topological polar surface area (TPSA) is 119 Å². The Morgan fingerprint density at radius 2 is 1.93 bits per heavy atom. The van der Waals surface area contributed by atoms with Crippen molar-refractivity contribution in [2.45, 2.75) is 13.8 Å². The fourth-order valence-electron chi connectivity index (χ4n) is 0.634. The molecule has 7 heteroatoms. The molecule has 0 aromatic heterocycles. The van der Waals surface area contributed by atoms with Gasteiger partial charge in [0.2, 0.25) is 5.91 Å². The third kappa shape index (κ3) is 4.30. The molecule has 0 unspecified atom stereocenters. The van der Waals surface area contributed by atoms with Crippen LogP contribution < -0.4 is 11.1 Å². The zero-order valence-corrected chi connectivity index (χ0v) is 8.57. The highest BCUT2D eigenvalue weighted by Gasteiger charge is 2.35. The van der Waals surface area contributed by atoms with Gasteiger partial charge in [0.25, 0.3) is 0 Å². The van der Waals surface area contributed by atoms with Crippen LogP contribution in [0.5, 0.6) is 0 Å². The molecule has 0 aliphatic carbocycles. The predicted molar refractivity (Wildman–Crippen MR) is 50.0 cm³/mol. The number of carboxylic acid groups (broad SMARTS) is 1. The maximum atomic E-state index is 11.3. The molecule has 2 amide bonds. The van der Waals surface area contributed by atoms with E-state index in [1.54, 1.807) is 0 Å². The van der Waals surface area contributed by atoms with Gasteiger partial charge in [-0.05, 0) is 13.8 Å². The van der Waals surface area contributed by atoms with Crippen LogP contribution in [0.3, 0.4) is 0 Å². The Balaban J connectivity index is 3.94. The summed E-state index contributed by atoms with van der Waals surface area (Å²) in [5.74, 6) is -1.88. The molecule has 0 saturated heterocycles. The highest BCUT2D eigenvalue weighted by atomic mass is 16.5. The second kappa shape index (κ2) is 5.18. The average molecular weight is 218 g/mol. The Hall–Kier alpha value is -1.79. The number of carbonyl (C=O) groups is 3. The van der Waals surface area contributed by atoms with Crippen molar-refractivity contribution in [1.82, 2.24) is 5.32 Å². The van der Waals surface area contributed by atoms with Crippen molar-refractivity contribution < 1.29 is 24.2 Å². The van der Waals surface area contributed by atoms with Gasteiger partial charge in [-0.25, -0.2) is 4.79 Å². The maximum absolute atomic E-state index is 11.3. The van der Waals surface area contributed by atoms with Crippen molar-refractivity contribution in [3.8, 4) is 0 Å². The third-order valence-electron chi connectivity index (χ3n) is 1.73. The summed E-state index contributed by atoms with van der Waals surface area (Å²) in [6.45, 7) is 2.49. The van der Waals surface area contributed by atoms with Crippen molar-refractivity contribution in [3.05, 3.63) is 0 Å². The summed E-state index contributed by atoms with van der Waals surface area (Å²) >= 11 is 0. The van der Waals surface area contributed by atoms with Crippen molar-refractivity contribution in [2.24, 2.45) is 11.1 Å². The minimum Gasteiger partial charge on any atom is -0.480 e. The number of nitrogens with one attached hydrogen (secondary N) is 1. The molecule has 15 heavy (non-hydrogen) atoms. The van der Waals surface area contributed by atoms with E-state index in [4.69, 9.17) is 5.11 Å². The van der Waals surface area contributed by atoms with E-state index in [-0.39, 0.29) is 13.2 Å². The predicted octanol–water partition coefficient (Wildman–Crippen LogP) is -0.691. The molecular formula is C8H14N2O5. The van der Waals surface area contributed by atoms with Gasteiger partial charge in [-0.2, -0.15) is 0 Å². The first-order valence-corrected chi connectivity index (χ1v) is 4.22. The second-order valence-electron chi connectivity index (χ2n) is 3.35. The SMILES string of the molecule is CC(C)(C(=O)O)C(=O)NCCOC(N)=O. The minimum atomic E-state index is -1.51. The molecular weight excluding hydrogens is 204 g/mol. The second-order valence-corrected chi connectivity index (χ2v) is 3.35. The van der Waals surface area contributed by atoms with Gasteiger partial charge in [0.05, 0.1) is 6.54 Å². The van der Waals surface area contributed by atoms with Gasteiger partial charge in [0.1, 0.15) is 12.0 Å². The average Bonchev–Trinajstić information content (AvgIpc) is 2.11. The summed E-state index contributed by atoms with van der Waals surface area (Å²) in [6, 6.07) is 0. The zero-order chi connectivity index (χ0) is 12.1. The van der Waals surface area contributed by atoms with Crippen molar-refractivity contribution >= 4 is 18.0 Å². The molecule has 7 nitrogen and oxygen atoms in total. The Kier molecular flexibility index (Phi) is 4.56. The number of rotatable bonds is 5. The van der Waals surface area contributed by atoms with Gasteiger partial charge in [0, 0.05) is 0 Å². The number of nitrogens with two attached hydrogens (primary N) is 1. The minimum absolute atomic E-state index is 0.0263. The van der Waals surface area contributed by atoms with Crippen LogP contribution in [0.25, 0.3) is 0 Å². The molecule has 0 aliphatic heterocycles. The van der Waals surface area contributed by atoms with E-state index in [1.807, 2.05) is 0 Å². The van der Waals surface area contributed by atoms with Crippen molar-refractivity contribution in [2.75, 3.05) is 13.2 Å². The Bertz CT molecular complexity index is 274. The molecule has 0 aromatic rings. The summed E-state index contributed by atoms with van der Waals surface area (Å²) in [6.07, 6.45) is -0.943. The van der Waals surface area contributed by atoms with E-state index in [2.05, 4.69) is 15.8 Å². The molecule has 0 heterocycles. The summed E-state index contributed by atoms with van der Waals surface area (Å²) in [4.78, 5) is 32.1. The lowest BCUT2D eigenvalue weighted by Crippen LogP contribution is -2.43. The first-order chi connectivity index (χ1) is 6.78. The Labute approximate surface area is 86.6 Å². The number of amides is 2. The van der Waals surface area contributed by atoms with E-state index in [9.17, 15) is 14.4 Å².